The maximum atomic E-state index is 14.9. The predicted molar refractivity (Wildman–Crippen MR) is 126 cm³/mol. The Morgan fingerprint density at radius 2 is 1.88 bits per heavy atom. The molecule has 174 valence electrons. The van der Waals surface area contributed by atoms with Crippen molar-refractivity contribution < 1.29 is 9.18 Å². The lowest BCUT2D eigenvalue weighted by Gasteiger charge is -2.14. The first kappa shape index (κ1) is 23.0. The number of halogens is 1. The highest BCUT2D eigenvalue weighted by Gasteiger charge is 2.19. The lowest BCUT2D eigenvalue weighted by Crippen LogP contribution is -2.28. The molecule has 4 heterocycles. The SMILES string of the molecule is CCc1cc(Nc2cc(C)nc(-c3cnc(C(=O)NC(C)c4ccc(C)nc4)c(F)c3)n2)n[nH]1. The van der Waals surface area contributed by atoms with Crippen LogP contribution in [0.25, 0.3) is 11.4 Å². The molecule has 1 atom stereocenters. The van der Waals surface area contributed by atoms with Gasteiger partial charge in [-0.25, -0.2) is 19.3 Å². The second kappa shape index (κ2) is 9.74. The number of pyridine rings is 2. The summed E-state index contributed by atoms with van der Waals surface area (Å²) in [6, 6.07) is 8.22. The van der Waals surface area contributed by atoms with Crippen molar-refractivity contribution in [1.82, 2.24) is 35.5 Å². The minimum absolute atomic E-state index is 0.284. The smallest absolute Gasteiger partial charge is 0.273 e. The Morgan fingerprint density at radius 3 is 2.56 bits per heavy atom. The van der Waals surface area contributed by atoms with Crippen LogP contribution in [0.3, 0.4) is 0 Å². The van der Waals surface area contributed by atoms with Crippen molar-refractivity contribution in [2.45, 2.75) is 40.2 Å². The molecule has 0 bridgehead atoms. The van der Waals surface area contributed by atoms with Crippen molar-refractivity contribution in [3.63, 3.8) is 0 Å². The number of aromatic amines is 1. The van der Waals surface area contributed by atoms with Crippen LogP contribution in [0.5, 0.6) is 0 Å². The fraction of sp³-hybridized carbons (Fsp3) is 0.250. The van der Waals surface area contributed by atoms with Crippen LogP contribution in [0.4, 0.5) is 16.0 Å². The van der Waals surface area contributed by atoms with Crippen molar-refractivity contribution >= 4 is 17.5 Å². The van der Waals surface area contributed by atoms with Crippen LogP contribution in [0.15, 0.2) is 42.7 Å². The average molecular weight is 461 g/mol. The van der Waals surface area contributed by atoms with Crippen molar-refractivity contribution in [3.8, 4) is 11.4 Å². The van der Waals surface area contributed by atoms with Crippen molar-refractivity contribution in [3.05, 3.63) is 76.9 Å². The van der Waals surface area contributed by atoms with E-state index in [1.54, 1.807) is 19.2 Å². The highest BCUT2D eigenvalue weighted by molar-refractivity contribution is 5.93. The van der Waals surface area contributed by atoms with E-state index >= 15 is 0 Å². The molecule has 0 aromatic carbocycles. The summed E-state index contributed by atoms with van der Waals surface area (Å²) in [6.45, 7) is 7.51. The molecule has 10 heteroatoms. The zero-order chi connectivity index (χ0) is 24.2. The molecule has 0 saturated carbocycles. The van der Waals surface area contributed by atoms with E-state index in [0.717, 1.165) is 23.4 Å². The lowest BCUT2D eigenvalue weighted by atomic mass is 10.1. The van der Waals surface area contributed by atoms with Gasteiger partial charge in [-0.05, 0) is 44.9 Å². The molecule has 0 aliphatic heterocycles. The summed E-state index contributed by atoms with van der Waals surface area (Å²) in [7, 11) is 0. The molecule has 1 unspecified atom stereocenters. The molecule has 0 radical (unpaired) electrons. The van der Waals surface area contributed by atoms with Crippen LogP contribution in [-0.4, -0.2) is 36.0 Å². The number of aryl methyl sites for hydroxylation is 3. The van der Waals surface area contributed by atoms with Crippen LogP contribution in [0, 0.1) is 19.7 Å². The van der Waals surface area contributed by atoms with Crippen LogP contribution in [-0.2, 0) is 6.42 Å². The number of anilines is 2. The Hall–Kier alpha value is -4.21. The Morgan fingerprint density at radius 1 is 1.06 bits per heavy atom. The van der Waals surface area contributed by atoms with E-state index in [4.69, 9.17) is 0 Å². The Kier molecular flexibility index (Phi) is 6.58. The molecule has 0 aliphatic rings. The fourth-order valence-electron chi connectivity index (χ4n) is 3.31. The molecule has 0 saturated heterocycles. The van der Waals surface area contributed by atoms with E-state index in [-0.39, 0.29) is 17.6 Å². The largest absolute Gasteiger partial charge is 0.344 e. The summed E-state index contributed by atoms with van der Waals surface area (Å²) < 4.78 is 14.9. The molecule has 4 rings (SSSR count). The Labute approximate surface area is 196 Å². The van der Waals surface area contributed by atoms with Gasteiger partial charge < -0.3 is 10.6 Å². The molecule has 3 N–H and O–H groups in total. The van der Waals surface area contributed by atoms with Gasteiger partial charge in [0.15, 0.2) is 23.2 Å². The monoisotopic (exact) mass is 460 g/mol. The zero-order valence-corrected chi connectivity index (χ0v) is 19.3. The number of rotatable bonds is 7. The first-order valence-electron chi connectivity index (χ1n) is 10.9. The summed E-state index contributed by atoms with van der Waals surface area (Å²) in [5.41, 5.74) is 3.41. The first-order chi connectivity index (χ1) is 16.3. The standard InChI is InChI=1S/C24H25FN8O/c1-5-18-10-21(33-32-18)30-20-8-14(3)28-23(31-20)17-9-19(25)22(27-12-17)24(34)29-15(4)16-7-6-13(2)26-11-16/h6-12,15H,5H2,1-4H3,(H,29,34)(H2,28,30,31,32,33). The van der Waals surface area contributed by atoms with Crippen molar-refractivity contribution in [2.75, 3.05) is 5.32 Å². The topological polar surface area (TPSA) is 121 Å². The summed E-state index contributed by atoms with van der Waals surface area (Å²) >= 11 is 0. The van der Waals surface area contributed by atoms with Gasteiger partial charge in [0.05, 0.1) is 6.04 Å². The fourth-order valence-corrected chi connectivity index (χ4v) is 3.31. The van der Waals surface area contributed by atoms with E-state index in [1.165, 1.54) is 12.3 Å². The summed E-state index contributed by atoms with van der Waals surface area (Å²) in [6.07, 6.45) is 3.90. The number of hydrogen-bond donors (Lipinski definition) is 3. The van der Waals surface area contributed by atoms with Gasteiger partial charge in [-0.2, -0.15) is 5.10 Å². The lowest BCUT2D eigenvalue weighted by molar-refractivity contribution is 0.0930. The zero-order valence-electron chi connectivity index (χ0n) is 19.3. The van der Waals surface area contributed by atoms with Crippen LogP contribution >= 0.6 is 0 Å². The number of hydrogen-bond acceptors (Lipinski definition) is 7. The first-order valence-corrected chi connectivity index (χ1v) is 10.9. The maximum absolute atomic E-state index is 14.9. The van der Waals surface area contributed by atoms with Gasteiger partial charge >= 0.3 is 0 Å². The van der Waals surface area contributed by atoms with Gasteiger partial charge in [-0.15, -0.1) is 0 Å². The van der Waals surface area contributed by atoms with Crippen LogP contribution < -0.4 is 10.6 Å². The Bertz CT molecular complexity index is 1320. The molecule has 0 spiro atoms. The maximum Gasteiger partial charge on any atom is 0.273 e. The van der Waals surface area contributed by atoms with Crippen molar-refractivity contribution in [1.29, 1.82) is 0 Å². The average Bonchev–Trinajstić information content (AvgIpc) is 3.26. The number of H-pyrrole nitrogens is 1. The van der Waals surface area contributed by atoms with E-state index in [2.05, 4.69) is 40.8 Å². The van der Waals surface area contributed by atoms with Crippen LogP contribution in [0.2, 0.25) is 0 Å². The highest BCUT2D eigenvalue weighted by Crippen LogP contribution is 2.22. The minimum Gasteiger partial charge on any atom is -0.344 e. The van der Waals surface area contributed by atoms with Gasteiger partial charge in [0.25, 0.3) is 5.91 Å². The molecule has 4 aromatic rings. The highest BCUT2D eigenvalue weighted by atomic mass is 19.1. The number of aromatic nitrogens is 6. The second-order valence-corrected chi connectivity index (χ2v) is 7.96. The van der Waals surface area contributed by atoms with Gasteiger partial charge in [-0.1, -0.05) is 13.0 Å². The van der Waals surface area contributed by atoms with Crippen molar-refractivity contribution in [2.24, 2.45) is 0 Å². The summed E-state index contributed by atoms with van der Waals surface area (Å²) in [4.78, 5) is 29.7. The number of amides is 1. The summed E-state index contributed by atoms with van der Waals surface area (Å²) in [5, 5.41) is 13.0. The van der Waals surface area contributed by atoms with Gasteiger partial charge in [0.1, 0.15) is 5.82 Å². The van der Waals surface area contributed by atoms with E-state index in [9.17, 15) is 9.18 Å². The summed E-state index contributed by atoms with van der Waals surface area (Å²) in [5.74, 6) is 0.0411. The number of nitrogens with one attached hydrogen (secondary N) is 3. The molecule has 0 aliphatic carbocycles. The number of nitrogens with zero attached hydrogens (tertiary/aromatic N) is 5. The molecule has 1 amide bonds. The van der Waals surface area contributed by atoms with E-state index in [1.807, 2.05) is 39.0 Å². The molecular formula is C24H25FN8O. The van der Waals surface area contributed by atoms with E-state index < -0.39 is 11.7 Å². The predicted octanol–water partition coefficient (Wildman–Crippen LogP) is 4.21. The van der Waals surface area contributed by atoms with Gasteiger partial charge in [0, 0.05) is 47.2 Å². The van der Waals surface area contributed by atoms with Gasteiger partial charge in [-0.3, -0.25) is 14.9 Å². The second-order valence-electron chi connectivity index (χ2n) is 7.96. The molecular weight excluding hydrogens is 435 g/mol. The molecule has 0 fully saturated rings. The third-order valence-corrected chi connectivity index (χ3v) is 5.22. The van der Waals surface area contributed by atoms with E-state index in [0.29, 0.717) is 22.9 Å². The quantitative estimate of drug-likeness (QED) is 0.378. The molecule has 34 heavy (non-hydrogen) atoms. The Balaban J connectivity index is 1.52. The minimum atomic E-state index is -0.760. The van der Waals surface area contributed by atoms with Crippen LogP contribution in [0.1, 0.15) is 53.0 Å². The van der Waals surface area contributed by atoms with Gasteiger partial charge in [0.2, 0.25) is 0 Å². The normalized spacial score (nSPS) is 11.8. The number of carbonyl (C=O) groups is 1. The third-order valence-electron chi connectivity index (χ3n) is 5.22. The third kappa shape index (κ3) is 5.22. The number of carbonyl (C=O) groups excluding carboxylic acids is 1. The molecule has 9 nitrogen and oxygen atoms in total. The molecule has 4 aromatic heterocycles.